The number of para-hydroxylation sites is 1. The van der Waals surface area contributed by atoms with Gasteiger partial charge < -0.3 is 19.4 Å². The molecular formula is C22H25N5O4S. The molecule has 0 bridgehead atoms. The molecule has 1 saturated heterocycles. The van der Waals surface area contributed by atoms with Crippen LogP contribution < -0.4 is 10.2 Å². The van der Waals surface area contributed by atoms with Gasteiger partial charge in [-0.1, -0.05) is 23.9 Å². The summed E-state index contributed by atoms with van der Waals surface area (Å²) in [6.45, 7) is 4.37. The first-order chi connectivity index (χ1) is 15.7. The standard InChI is InChI=1S/C22H25N5O4S/c1-2-30-20(29)17-9-3-4-10-18(17)23-19(28)15-32-22-25-24-21(26-11-5-6-12-26)27(22)14-16-8-7-13-31-16/h3-4,7-10,13H,2,5-6,11-12,14-15H2,1H3,(H,23,28). The molecular weight excluding hydrogens is 430 g/mol. The van der Waals surface area contributed by atoms with Crippen molar-refractivity contribution in [2.45, 2.75) is 31.5 Å². The average Bonchev–Trinajstić information content (AvgIpc) is 3.56. The van der Waals surface area contributed by atoms with Gasteiger partial charge in [0.1, 0.15) is 5.76 Å². The molecule has 0 spiro atoms. The molecule has 0 atom stereocenters. The van der Waals surface area contributed by atoms with Crippen LogP contribution in [0, 0.1) is 0 Å². The first-order valence-electron chi connectivity index (χ1n) is 10.5. The number of furan rings is 1. The summed E-state index contributed by atoms with van der Waals surface area (Å²) in [6.07, 6.45) is 3.88. The highest BCUT2D eigenvalue weighted by Gasteiger charge is 2.23. The van der Waals surface area contributed by atoms with E-state index in [1.54, 1.807) is 37.5 Å². The molecule has 2 aromatic heterocycles. The summed E-state index contributed by atoms with van der Waals surface area (Å²) in [6, 6.07) is 10.5. The van der Waals surface area contributed by atoms with Gasteiger partial charge in [0.15, 0.2) is 5.16 Å². The van der Waals surface area contributed by atoms with Gasteiger partial charge >= 0.3 is 5.97 Å². The number of nitrogens with one attached hydrogen (secondary N) is 1. The molecule has 1 fully saturated rings. The van der Waals surface area contributed by atoms with E-state index in [1.807, 2.05) is 16.7 Å². The second kappa shape index (κ2) is 10.4. The van der Waals surface area contributed by atoms with E-state index in [2.05, 4.69) is 20.4 Å². The number of nitrogens with zero attached hydrogens (tertiary/aromatic N) is 4. The Labute approximate surface area is 190 Å². The Balaban J connectivity index is 1.46. The minimum absolute atomic E-state index is 0.118. The molecule has 1 amide bonds. The van der Waals surface area contributed by atoms with E-state index in [9.17, 15) is 9.59 Å². The van der Waals surface area contributed by atoms with E-state index in [1.165, 1.54) is 11.8 Å². The SMILES string of the molecule is CCOC(=O)c1ccccc1NC(=O)CSc1nnc(N2CCCC2)n1Cc1ccco1. The molecule has 9 nitrogen and oxygen atoms in total. The van der Waals surface area contributed by atoms with Crippen molar-refractivity contribution in [1.82, 2.24) is 14.8 Å². The third kappa shape index (κ3) is 5.13. The topological polar surface area (TPSA) is 102 Å². The number of ether oxygens (including phenoxy) is 1. The maximum atomic E-state index is 12.6. The maximum Gasteiger partial charge on any atom is 0.340 e. The van der Waals surface area contributed by atoms with Crippen LogP contribution in [-0.4, -0.2) is 52.1 Å². The normalized spacial score (nSPS) is 13.3. The van der Waals surface area contributed by atoms with Gasteiger partial charge in [-0.2, -0.15) is 0 Å². The fraction of sp³-hybridized carbons (Fsp3) is 0.364. The summed E-state index contributed by atoms with van der Waals surface area (Å²) in [5.74, 6) is 0.980. The van der Waals surface area contributed by atoms with Gasteiger partial charge in [-0.15, -0.1) is 10.2 Å². The summed E-state index contributed by atoms with van der Waals surface area (Å²) in [5.41, 5.74) is 0.747. The summed E-state index contributed by atoms with van der Waals surface area (Å²) in [5, 5.41) is 12.1. The number of aromatic nitrogens is 3. The van der Waals surface area contributed by atoms with Crippen molar-refractivity contribution in [3.8, 4) is 0 Å². The molecule has 0 unspecified atom stereocenters. The molecule has 1 N–H and O–H groups in total. The number of hydrogen-bond acceptors (Lipinski definition) is 8. The van der Waals surface area contributed by atoms with Crippen LogP contribution in [-0.2, 0) is 16.1 Å². The van der Waals surface area contributed by atoms with Crippen LogP contribution in [0.3, 0.4) is 0 Å². The van der Waals surface area contributed by atoms with Crippen molar-refractivity contribution in [3.05, 3.63) is 54.0 Å². The van der Waals surface area contributed by atoms with Gasteiger partial charge in [-0.3, -0.25) is 9.36 Å². The molecule has 4 rings (SSSR count). The number of carbonyl (C=O) groups excluding carboxylic acids is 2. The Hall–Kier alpha value is -3.27. The highest BCUT2D eigenvalue weighted by atomic mass is 32.2. The van der Waals surface area contributed by atoms with Crippen LogP contribution in [0.4, 0.5) is 11.6 Å². The van der Waals surface area contributed by atoms with Crippen LogP contribution in [0.1, 0.15) is 35.9 Å². The number of carbonyl (C=O) groups is 2. The fourth-order valence-electron chi connectivity index (χ4n) is 3.53. The minimum atomic E-state index is -0.468. The molecule has 10 heteroatoms. The maximum absolute atomic E-state index is 12.6. The number of amides is 1. The number of hydrogen-bond donors (Lipinski definition) is 1. The molecule has 3 heterocycles. The minimum Gasteiger partial charge on any atom is -0.467 e. The van der Waals surface area contributed by atoms with Crippen molar-refractivity contribution in [2.24, 2.45) is 0 Å². The number of rotatable bonds is 9. The summed E-state index contributed by atoms with van der Waals surface area (Å²) < 4.78 is 12.6. The molecule has 1 aliphatic heterocycles. The van der Waals surface area contributed by atoms with Gasteiger partial charge in [0.25, 0.3) is 0 Å². The van der Waals surface area contributed by atoms with Crippen LogP contribution in [0.25, 0.3) is 0 Å². The van der Waals surface area contributed by atoms with Gasteiger partial charge in [0, 0.05) is 13.1 Å². The Morgan fingerprint density at radius 1 is 1.16 bits per heavy atom. The van der Waals surface area contributed by atoms with Crippen molar-refractivity contribution >= 4 is 35.3 Å². The number of anilines is 2. The highest BCUT2D eigenvalue weighted by molar-refractivity contribution is 7.99. The van der Waals surface area contributed by atoms with Crippen molar-refractivity contribution in [3.63, 3.8) is 0 Å². The second-order valence-electron chi connectivity index (χ2n) is 7.25. The molecule has 1 aromatic carbocycles. The summed E-state index contributed by atoms with van der Waals surface area (Å²) in [7, 11) is 0. The molecule has 0 radical (unpaired) electrons. The summed E-state index contributed by atoms with van der Waals surface area (Å²) in [4.78, 5) is 27.0. The third-order valence-corrected chi connectivity index (χ3v) is 5.98. The average molecular weight is 456 g/mol. The molecule has 32 heavy (non-hydrogen) atoms. The largest absolute Gasteiger partial charge is 0.467 e. The first-order valence-corrected chi connectivity index (χ1v) is 11.5. The Morgan fingerprint density at radius 3 is 2.72 bits per heavy atom. The first kappa shape index (κ1) is 21.9. The smallest absolute Gasteiger partial charge is 0.340 e. The number of benzene rings is 1. The monoisotopic (exact) mass is 455 g/mol. The van der Waals surface area contributed by atoms with E-state index in [-0.39, 0.29) is 18.3 Å². The van der Waals surface area contributed by atoms with Crippen molar-refractivity contribution < 1.29 is 18.7 Å². The lowest BCUT2D eigenvalue weighted by atomic mass is 10.2. The molecule has 0 saturated carbocycles. The zero-order valence-electron chi connectivity index (χ0n) is 17.8. The summed E-state index contributed by atoms with van der Waals surface area (Å²) >= 11 is 1.29. The van der Waals surface area contributed by atoms with Gasteiger partial charge in [-0.25, -0.2) is 4.79 Å². The van der Waals surface area contributed by atoms with Gasteiger partial charge in [0.05, 0.1) is 36.4 Å². The number of thioether (sulfide) groups is 1. The van der Waals surface area contributed by atoms with Crippen molar-refractivity contribution in [2.75, 3.05) is 35.7 Å². The fourth-order valence-corrected chi connectivity index (χ4v) is 4.26. The van der Waals surface area contributed by atoms with E-state index < -0.39 is 5.97 Å². The van der Waals surface area contributed by atoms with E-state index in [0.29, 0.717) is 23.0 Å². The van der Waals surface area contributed by atoms with Gasteiger partial charge in [-0.05, 0) is 44.0 Å². The lowest BCUT2D eigenvalue weighted by Crippen LogP contribution is -2.23. The third-order valence-electron chi connectivity index (χ3n) is 5.01. The molecule has 168 valence electrons. The van der Waals surface area contributed by atoms with E-state index in [4.69, 9.17) is 9.15 Å². The lowest BCUT2D eigenvalue weighted by Gasteiger charge is -2.17. The molecule has 3 aromatic rings. The van der Waals surface area contributed by atoms with Crippen LogP contribution >= 0.6 is 11.8 Å². The second-order valence-corrected chi connectivity index (χ2v) is 8.19. The highest BCUT2D eigenvalue weighted by Crippen LogP contribution is 2.26. The Bertz CT molecular complexity index is 1060. The molecule has 1 aliphatic rings. The zero-order chi connectivity index (χ0) is 22.3. The van der Waals surface area contributed by atoms with Crippen LogP contribution in [0.15, 0.2) is 52.2 Å². The Kier molecular flexibility index (Phi) is 7.10. The quantitative estimate of drug-likeness (QED) is 0.387. The number of esters is 1. The van der Waals surface area contributed by atoms with Crippen LogP contribution in [0.2, 0.25) is 0 Å². The predicted molar refractivity (Wildman–Crippen MR) is 121 cm³/mol. The van der Waals surface area contributed by atoms with Gasteiger partial charge in [0.2, 0.25) is 11.9 Å². The predicted octanol–water partition coefficient (Wildman–Crippen LogP) is 3.43. The molecule has 0 aliphatic carbocycles. The zero-order valence-corrected chi connectivity index (χ0v) is 18.6. The lowest BCUT2D eigenvalue weighted by molar-refractivity contribution is -0.113. The van der Waals surface area contributed by atoms with Crippen molar-refractivity contribution in [1.29, 1.82) is 0 Å². The van der Waals surface area contributed by atoms with E-state index in [0.717, 1.165) is 37.6 Å². The Morgan fingerprint density at radius 2 is 1.97 bits per heavy atom. The van der Waals surface area contributed by atoms with Crippen LogP contribution in [0.5, 0.6) is 0 Å². The van der Waals surface area contributed by atoms with E-state index >= 15 is 0 Å².